The number of nitrogens with zero attached hydrogens (tertiary/aromatic N) is 3. The molecule has 0 spiro atoms. The zero-order valence-corrected chi connectivity index (χ0v) is 12.9. The largest absolute Gasteiger partial charge is 0.335 e. The van der Waals surface area contributed by atoms with Crippen molar-refractivity contribution in [2.45, 2.75) is 19.5 Å². The molecule has 2 N–H and O–H groups in total. The van der Waals surface area contributed by atoms with Crippen LogP contribution in [0.25, 0.3) is 0 Å². The molecule has 0 aliphatic rings. The maximum Gasteiger partial charge on any atom is 0.274 e. The van der Waals surface area contributed by atoms with Crippen LogP contribution in [0.2, 0.25) is 5.02 Å². The van der Waals surface area contributed by atoms with Gasteiger partial charge < -0.3 is 15.2 Å². The van der Waals surface area contributed by atoms with E-state index in [0.717, 1.165) is 5.56 Å². The topological polar surface area (TPSA) is 64.2 Å². The van der Waals surface area contributed by atoms with Gasteiger partial charge in [0.2, 0.25) is 0 Å². The molecular formula is C15H19ClN4O. The molecule has 0 bridgehead atoms. The summed E-state index contributed by atoms with van der Waals surface area (Å²) in [6.45, 7) is 3.12. The smallest absolute Gasteiger partial charge is 0.274 e. The molecule has 1 aromatic carbocycles. The minimum atomic E-state index is -0.127. The van der Waals surface area contributed by atoms with Gasteiger partial charge in [0.15, 0.2) is 0 Å². The summed E-state index contributed by atoms with van der Waals surface area (Å²) in [6, 6.07) is 7.42. The summed E-state index contributed by atoms with van der Waals surface area (Å²) in [5.41, 5.74) is 6.89. The van der Waals surface area contributed by atoms with Gasteiger partial charge in [-0.05, 0) is 24.6 Å². The Hall–Kier alpha value is -1.85. The maximum absolute atomic E-state index is 12.4. The number of imidazole rings is 1. The second-order valence-electron chi connectivity index (χ2n) is 4.93. The van der Waals surface area contributed by atoms with Gasteiger partial charge in [-0.2, -0.15) is 0 Å². The van der Waals surface area contributed by atoms with E-state index in [1.165, 1.54) is 0 Å². The van der Waals surface area contributed by atoms with Crippen molar-refractivity contribution >= 4 is 17.5 Å². The van der Waals surface area contributed by atoms with Gasteiger partial charge in [0.05, 0.1) is 12.4 Å². The van der Waals surface area contributed by atoms with Crippen molar-refractivity contribution in [3.8, 4) is 0 Å². The number of hydrogen-bond donors (Lipinski definition) is 1. The molecule has 0 saturated heterocycles. The van der Waals surface area contributed by atoms with E-state index < -0.39 is 0 Å². The Morgan fingerprint density at radius 2 is 2.29 bits per heavy atom. The van der Waals surface area contributed by atoms with E-state index in [9.17, 15) is 4.79 Å². The van der Waals surface area contributed by atoms with Gasteiger partial charge in [-0.1, -0.05) is 23.7 Å². The molecule has 5 nitrogen and oxygen atoms in total. The first-order valence-corrected chi connectivity index (χ1v) is 7.15. The molecule has 1 aromatic heterocycles. The van der Waals surface area contributed by atoms with E-state index in [4.69, 9.17) is 17.3 Å². The minimum Gasteiger partial charge on any atom is -0.335 e. The van der Waals surface area contributed by atoms with Crippen LogP contribution in [0.1, 0.15) is 29.0 Å². The molecular weight excluding hydrogens is 288 g/mol. The van der Waals surface area contributed by atoms with Crippen LogP contribution in [0.4, 0.5) is 0 Å². The first-order valence-electron chi connectivity index (χ1n) is 6.77. The lowest BCUT2D eigenvalue weighted by atomic mass is 10.1. The van der Waals surface area contributed by atoms with Crippen LogP contribution >= 0.6 is 11.6 Å². The van der Waals surface area contributed by atoms with Crippen molar-refractivity contribution in [1.82, 2.24) is 14.5 Å². The Balaban J connectivity index is 2.14. The molecule has 0 aliphatic heterocycles. The Labute approximate surface area is 129 Å². The van der Waals surface area contributed by atoms with Crippen molar-refractivity contribution in [3.63, 3.8) is 0 Å². The fourth-order valence-corrected chi connectivity index (χ4v) is 2.29. The summed E-state index contributed by atoms with van der Waals surface area (Å²) in [4.78, 5) is 18.2. The molecule has 0 fully saturated rings. The lowest BCUT2D eigenvalue weighted by Crippen LogP contribution is -2.30. The highest BCUT2D eigenvalue weighted by Gasteiger charge is 2.20. The number of hydrogen-bond acceptors (Lipinski definition) is 3. The molecule has 0 saturated carbocycles. The first kappa shape index (κ1) is 15.5. The average molecular weight is 307 g/mol. The fourth-order valence-electron chi connectivity index (χ4n) is 2.09. The van der Waals surface area contributed by atoms with Crippen LogP contribution in [0, 0.1) is 0 Å². The predicted molar refractivity (Wildman–Crippen MR) is 83.2 cm³/mol. The summed E-state index contributed by atoms with van der Waals surface area (Å²) < 4.78 is 1.81. The molecule has 1 heterocycles. The molecule has 0 aliphatic carbocycles. The molecule has 21 heavy (non-hydrogen) atoms. The third-order valence-electron chi connectivity index (χ3n) is 3.47. The quantitative estimate of drug-likeness (QED) is 0.922. The average Bonchev–Trinajstić information content (AvgIpc) is 2.94. The normalized spacial score (nSPS) is 12.2. The molecule has 2 rings (SSSR count). The number of rotatable bonds is 5. The zero-order valence-electron chi connectivity index (χ0n) is 12.2. The highest BCUT2D eigenvalue weighted by atomic mass is 35.5. The third kappa shape index (κ3) is 3.62. The van der Waals surface area contributed by atoms with E-state index in [2.05, 4.69) is 4.98 Å². The van der Waals surface area contributed by atoms with Crippen molar-refractivity contribution < 1.29 is 4.79 Å². The van der Waals surface area contributed by atoms with Gasteiger partial charge in [0, 0.05) is 31.4 Å². The van der Waals surface area contributed by atoms with E-state index in [0.29, 0.717) is 23.8 Å². The van der Waals surface area contributed by atoms with Crippen molar-refractivity contribution in [2.75, 3.05) is 13.6 Å². The second kappa shape index (κ2) is 6.74. The molecule has 0 radical (unpaired) electrons. The minimum absolute atomic E-state index is 0.0872. The lowest BCUT2D eigenvalue weighted by Gasteiger charge is -2.24. The van der Waals surface area contributed by atoms with E-state index in [-0.39, 0.29) is 11.9 Å². The Morgan fingerprint density at radius 1 is 1.52 bits per heavy atom. The maximum atomic E-state index is 12.4. The van der Waals surface area contributed by atoms with Crippen LogP contribution in [0.15, 0.2) is 36.8 Å². The monoisotopic (exact) mass is 306 g/mol. The molecule has 1 atom stereocenters. The Morgan fingerprint density at radius 3 is 2.95 bits per heavy atom. The van der Waals surface area contributed by atoms with Gasteiger partial charge >= 0.3 is 0 Å². The summed E-state index contributed by atoms with van der Waals surface area (Å²) in [5, 5.41) is 0.660. The van der Waals surface area contributed by atoms with Crippen LogP contribution in [0.3, 0.4) is 0 Å². The number of carbonyl (C=O) groups is 1. The Kier molecular flexibility index (Phi) is 4.98. The highest BCUT2D eigenvalue weighted by Crippen LogP contribution is 2.23. The highest BCUT2D eigenvalue weighted by molar-refractivity contribution is 6.30. The van der Waals surface area contributed by atoms with Gasteiger partial charge in [-0.25, -0.2) is 4.98 Å². The van der Waals surface area contributed by atoms with Gasteiger partial charge in [0.25, 0.3) is 5.91 Å². The molecule has 1 unspecified atom stereocenters. The van der Waals surface area contributed by atoms with Crippen LogP contribution in [0.5, 0.6) is 0 Å². The fraction of sp³-hybridized carbons (Fsp3) is 0.333. The number of nitrogens with two attached hydrogens (primary N) is 1. The predicted octanol–water partition coefficient (Wildman–Crippen LogP) is 2.33. The number of halogens is 1. The third-order valence-corrected chi connectivity index (χ3v) is 3.71. The first-order chi connectivity index (χ1) is 10.0. The van der Waals surface area contributed by atoms with Crippen molar-refractivity contribution in [2.24, 2.45) is 5.73 Å². The van der Waals surface area contributed by atoms with Gasteiger partial charge in [0.1, 0.15) is 5.69 Å². The van der Waals surface area contributed by atoms with E-state index in [1.807, 2.05) is 35.8 Å². The summed E-state index contributed by atoms with van der Waals surface area (Å²) in [6.07, 6.45) is 3.34. The second-order valence-corrected chi connectivity index (χ2v) is 5.37. The molecule has 112 valence electrons. The standard InChI is InChI=1S/C15H19ClN4O/c1-11(12-4-3-5-13(16)8-12)19(2)15(21)14-9-20(7-6-17)10-18-14/h3-5,8-11H,6-7,17H2,1-2H3. The van der Waals surface area contributed by atoms with Crippen molar-refractivity contribution in [3.05, 3.63) is 53.1 Å². The summed E-state index contributed by atoms with van der Waals surface area (Å²) in [5.74, 6) is -0.127. The summed E-state index contributed by atoms with van der Waals surface area (Å²) in [7, 11) is 1.76. The zero-order chi connectivity index (χ0) is 15.4. The number of benzene rings is 1. The summed E-state index contributed by atoms with van der Waals surface area (Å²) >= 11 is 6.00. The van der Waals surface area contributed by atoms with Crippen LogP contribution in [-0.2, 0) is 6.54 Å². The molecule has 1 amide bonds. The van der Waals surface area contributed by atoms with Gasteiger partial charge in [-0.15, -0.1) is 0 Å². The SMILES string of the molecule is CC(c1cccc(Cl)c1)N(C)C(=O)c1cn(CCN)cn1. The lowest BCUT2D eigenvalue weighted by molar-refractivity contribution is 0.0737. The van der Waals surface area contributed by atoms with Crippen molar-refractivity contribution in [1.29, 1.82) is 0 Å². The number of aromatic nitrogens is 2. The molecule has 2 aromatic rings. The van der Waals surface area contributed by atoms with Crippen LogP contribution < -0.4 is 5.73 Å². The number of amides is 1. The number of carbonyl (C=O) groups excluding carboxylic acids is 1. The Bertz CT molecular complexity index is 626. The van der Waals surface area contributed by atoms with E-state index >= 15 is 0 Å². The molecule has 6 heteroatoms. The van der Waals surface area contributed by atoms with Gasteiger partial charge in [-0.3, -0.25) is 4.79 Å². The van der Waals surface area contributed by atoms with E-state index in [1.54, 1.807) is 24.5 Å². The van der Waals surface area contributed by atoms with Crippen LogP contribution in [-0.4, -0.2) is 34.0 Å².